The number of hydrogen-bond donors (Lipinski definition) is 0. The highest BCUT2D eigenvalue weighted by molar-refractivity contribution is 5.89. The van der Waals surface area contributed by atoms with Crippen molar-refractivity contribution in [3.63, 3.8) is 0 Å². The van der Waals surface area contributed by atoms with E-state index in [-0.39, 0.29) is 12.1 Å². The van der Waals surface area contributed by atoms with Crippen molar-refractivity contribution < 1.29 is 9.53 Å². The fourth-order valence-corrected chi connectivity index (χ4v) is 4.26. The minimum Gasteiger partial charge on any atom is -0.459 e. The van der Waals surface area contributed by atoms with Crippen LogP contribution in [0.5, 0.6) is 0 Å². The lowest BCUT2D eigenvalue weighted by Crippen LogP contribution is -2.24. The lowest BCUT2D eigenvalue weighted by atomic mass is 9.82. The fraction of sp³-hybridized carbons (Fsp3) is 0.519. The second-order valence-electron chi connectivity index (χ2n) is 8.52. The molecular weight excluding hydrogens is 356 g/mol. The van der Waals surface area contributed by atoms with Crippen molar-refractivity contribution in [3.8, 4) is 0 Å². The van der Waals surface area contributed by atoms with Crippen molar-refractivity contribution >= 4 is 5.97 Å². The van der Waals surface area contributed by atoms with Crippen LogP contribution in [0.1, 0.15) is 98.2 Å². The zero-order valence-corrected chi connectivity index (χ0v) is 18.2. The summed E-state index contributed by atoms with van der Waals surface area (Å²) in [6.07, 6.45) is 11.3. The van der Waals surface area contributed by atoms with E-state index < -0.39 is 0 Å². The van der Waals surface area contributed by atoms with Gasteiger partial charge >= 0.3 is 5.97 Å². The Morgan fingerprint density at radius 1 is 0.793 bits per heavy atom. The predicted octanol–water partition coefficient (Wildman–Crippen LogP) is 7.26. The van der Waals surface area contributed by atoms with E-state index >= 15 is 0 Å². The quantitative estimate of drug-likeness (QED) is 0.420. The molecule has 0 unspecified atom stereocenters. The van der Waals surface area contributed by atoms with Gasteiger partial charge in [-0.25, -0.2) is 4.79 Å². The van der Waals surface area contributed by atoms with Crippen LogP contribution in [0.3, 0.4) is 0 Å². The standard InChI is InChI=1S/C27H36O2/c1-3-5-7-21-9-13-23(14-10-21)24-17-19-26(20-18-24)29-27(28)25-15-11-22(12-16-25)8-6-4-2/h9-16,24,26H,3-8,17-20H2,1-2H3/t24-,26-. The molecule has 0 amide bonds. The molecule has 3 rings (SSSR count). The molecular formula is C27H36O2. The van der Waals surface area contributed by atoms with Crippen molar-refractivity contribution in [2.45, 2.75) is 90.1 Å². The van der Waals surface area contributed by atoms with Crippen LogP contribution in [0.15, 0.2) is 48.5 Å². The van der Waals surface area contributed by atoms with Crippen LogP contribution >= 0.6 is 0 Å². The van der Waals surface area contributed by atoms with Gasteiger partial charge in [0, 0.05) is 0 Å². The lowest BCUT2D eigenvalue weighted by Gasteiger charge is -2.28. The van der Waals surface area contributed by atoms with Crippen LogP contribution in [0.2, 0.25) is 0 Å². The van der Waals surface area contributed by atoms with Gasteiger partial charge in [0.25, 0.3) is 0 Å². The van der Waals surface area contributed by atoms with Gasteiger partial charge in [-0.15, -0.1) is 0 Å². The van der Waals surface area contributed by atoms with E-state index in [2.05, 4.69) is 50.2 Å². The first-order valence-corrected chi connectivity index (χ1v) is 11.6. The Hall–Kier alpha value is -2.09. The number of carbonyl (C=O) groups is 1. The molecule has 0 aromatic heterocycles. The molecule has 0 radical (unpaired) electrons. The van der Waals surface area contributed by atoms with E-state index in [0.29, 0.717) is 11.5 Å². The summed E-state index contributed by atoms with van der Waals surface area (Å²) in [6, 6.07) is 17.2. The molecule has 0 heterocycles. The second-order valence-corrected chi connectivity index (χ2v) is 8.52. The smallest absolute Gasteiger partial charge is 0.338 e. The number of esters is 1. The van der Waals surface area contributed by atoms with E-state index in [4.69, 9.17) is 4.74 Å². The van der Waals surface area contributed by atoms with Gasteiger partial charge < -0.3 is 4.74 Å². The van der Waals surface area contributed by atoms with Gasteiger partial charge in [0.15, 0.2) is 0 Å². The summed E-state index contributed by atoms with van der Waals surface area (Å²) >= 11 is 0. The molecule has 1 aliphatic carbocycles. The summed E-state index contributed by atoms with van der Waals surface area (Å²) in [5, 5.41) is 0. The van der Waals surface area contributed by atoms with Crippen LogP contribution in [0, 0.1) is 0 Å². The number of hydrogen-bond acceptors (Lipinski definition) is 2. The normalized spacial score (nSPS) is 19.1. The Balaban J connectivity index is 1.46. The Kier molecular flexibility index (Phi) is 8.34. The van der Waals surface area contributed by atoms with Crippen molar-refractivity contribution in [2.75, 3.05) is 0 Å². The largest absolute Gasteiger partial charge is 0.459 e. The van der Waals surface area contributed by atoms with E-state index in [1.807, 2.05) is 12.1 Å². The van der Waals surface area contributed by atoms with Crippen LogP contribution in [-0.2, 0) is 17.6 Å². The number of carbonyl (C=O) groups excluding carboxylic acids is 1. The van der Waals surface area contributed by atoms with E-state index in [1.54, 1.807) is 0 Å². The van der Waals surface area contributed by atoms with E-state index in [1.165, 1.54) is 48.8 Å². The molecule has 2 nitrogen and oxygen atoms in total. The first-order valence-electron chi connectivity index (χ1n) is 11.6. The molecule has 0 spiro atoms. The number of benzene rings is 2. The van der Waals surface area contributed by atoms with Gasteiger partial charge in [0.05, 0.1) is 5.56 Å². The summed E-state index contributed by atoms with van der Waals surface area (Å²) in [6.45, 7) is 4.44. The maximum Gasteiger partial charge on any atom is 0.338 e. The van der Waals surface area contributed by atoms with Crippen molar-refractivity contribution in [2.24, 2.45) is 0 Å². The Labute approximate surface area is 176 Å². The maximum absolute atomic E-state index is 12.5. The third-order valence-electron chi connectivity index (χ3n) is 6.23. The third kappa shape index (κ3) is 6.45. The highest BCUT2D eigenvalue weighted by Crippen LogP contribution is 2.34. The van der Waals surface area contributed by atoms with Crippen LogP contribution in [0.25, 0.3) is 0 Å². The lowest BCUT2D eigenvalue weighted by molar-refractivity contribution is 0.0195. The highest BCUT2D eigenvalue weighted by atomic mass is 16.5. The first-order chi connectivity index (χ1) is 14.2. The summed E-state index contributed by atoms with van der Waals surface area (Å²) in [5.41, 5.74) is 4.86. The number of unbranched alkanes of at least 4 members (excludes halogenated alkanes) is 2. The summed E-state index contributed by atoms with van der Waals surface area (Å²) in [4.78, 5) is 12.5. The molecule has 2 aromatic carbocycles. The number of ether oxygens (including phenoxy) is 1. The van der Waals surface area contributed by atoms with Gasteiger partial charge in [-0.3, -0.25) is 0 Å². The Morgan fingerprint density at radius 3 is 1.83 bits per heavy atom. The first kappa shape index (κ1) is 21.6. The maximum atomic E-state index is 12.5. The van der Waals surface area contributed by atoms with Gasteiger partial charge in [0.2, 0.25) is 0 Å². The summed E-state index contributed by atoms with van der Waals surface area (Å²) in [7, 11) is 0. The monoisotopic (exact) mass is 392 g/mol. The van der Waals surface area contributed by atoms with Gasteiger partial charge in [0.1, 0.15) is 6.10 Å². The molecule has 0 saturated heterocycles. The van der Waals surface area contributed by atoms with E-state index in [9.17, 15) is 4.79 Å². The van der Waals surface area contributed by atoms with Crippen LogP contribution < -0.4 is 0 Å². The summed E-state index contributed by atoms with van der Waals surface area (Å²) in [5.74, 6) is 0.429. The van der Waals surface area contributed by atoms with Crippen molar-refractivity contribution in [3.05, 3.63) is 70.8 Å². The average molecular weight is 393 g/mol. The average Bonchev–Trinajstić information content (AvgIpc) is 2.77. The number of aryl methyl sites for hydroxylation is 2. The third-order valence-corrected chi connectivity index (χ3v) is 6.23. The van der Waals surface area contributed by atoms with Crippen molar-refractivity contribution in [1.82, 2.24) is 0 Å². The molecule has 156 valence electrons. The van der Waals surface area contributed by atoms with Gasteiger partial charge in [-0.1, -0.05) is 63.1 Å². The molecule has 0 N–H and O–H groups in total. The zero-order valence-electron chi connectivity index (χ0n) is 18.2. The summed E-state index contributed by atoms with van der Waals surface area (Å²) < 4.78 is 5.81. The molecule has 1 aliphatic rings. The zero-order chi connectivity index (χ0) is 20.5. The molecule has 1 saturated carbocycles. The minimum atomic E-state index is -0.171. The molecule has 0 aliphatic heterocycles. The molecule has 0 atom stereocenters. The topological polar surface area (TPSA) is 26.3 Å². The minimum absolute atomic E-state index is 0.0577. The SMILES string of the molecule is CCCCc1ccc(C(=O)O[C@H]2CC[C@H](c3ccc(CCCC)cc3)CC2)cc1. The predicted molar refractivity (Wildman–Crippen MR) is 121 cm³/mol. The Morgan fingerprint density at radius 2 is 1.31 bits per heavy atom. The van der Waals surface area contributed by atoms with Crippen LogP contribution in [0.4, 0.5) is 0 Å². The Bertz CT molecular complexity index is 737. The van der Waals surface area contributed by atoms with Crippen molar-refractivity contribution in [1.29, 1.82) is 0 Å². The second kappa shape index (κ2) is 11.2. The highest BCUT2D eigenvalue weighted by Gasteiger charge is 2.25. The van der Waals surface area contributed by atoms with Gasteiger partial charge in [-0.05, 0) is 86.1 Å². The fourth-order valence-electron chi connectivity index (χ4n) is 4.26. The molecule has 0 bridgehead atoms. The van der Waals surface area contributed by atoms with Gasteiger partial charge in [-0.2, -0.15) is 0 Å². The molecule has 2 aromatic rings. The van der Waals surface area contributed by atoms with E-state index in [0.717, 1.165) is 32.1 Å². The number of rotatable bonds is 9. The molecule has 2 heteroatoms. The van der Waals surface area contributed by atoms with Crippen LogP contribution in [-0.4, -0.2) is 12.1 Å². The molecule has 1 fully saturated rings. The molecule has 29 heavy (non-hydrogen) atoms.